The van der Waals surface area contributed by atoms with Crippen LogP contribution >= 0.6 is 11.6 Å². The number of ether oxygens (including phenoxy) is 1. The molecule has 0 bridgehead atoms. The van der Waals surface area contributed by atoms with Gasteiger partial charge in [0.1, 0.15) is 17.1 Å². The lowest BCUT2D eigenvalue weighted by atomic mass is 9.91. The molecule has 0 fully saturated rings. The molecule has 1 atom stereocenters. The van der Waals surface area contributed by atoms with Crippen LogP contribution in [0.15, 0.2) is 58.1 Å². The lowest BCUT2D eigenvalue weighted by molar-refractivity contribution is -0.196. The lowest BCUT2D eigenvalue weighted by Gasteiger charge is -2.30. The van der Waals surface area contributed by atoms with Gasteiger partial charge in [-0.2, -0.15) is 13.2 Å². The Morgan fingerprint density at radius 1 is 1.09 bits per heavy atom. The van der Waals surface area contributed by atoms with E-state index in [-0.39, 0.29) is 16.3 Å². The molecular formula is C21H14ClF3N4O5. The van der Waals surface area contributed by atoms with Crippen LogP contribution in [0.2, 0.25) is 5.02 Å². The first kappa shape index (κ1) is 23.1. The number of nitrogens with zero attached hydrogens (tertiary/aromatic N) is 1. The highest BCUT2D eigenvalue weighted by Gasteiger charge is 2.68. The number of rotatable bonds is 4. The summed E-state index contributed by atoms with van der Waals surface area (Å²) in [6.45, 7) is 0. The lowest BCUT2D eigenvalue weighted by Crippen LogP contribution is -2.62. The fourth-order valence-electron chi connectivity index (χ4n) is 3.64. The zero-order valence-corrected chi connectivity index (χ0v) is 17.9. The Kier molecular flexibility index (Phi) is 5.48. The minimum absolute atomic E-state index is 0.0222. The topological polar surface area (TPSA) is 122 Å². The molecule has 2 heterocycles. The Labute approximate surface area is 193 Å². The van der Waals surface area contributed by atoms with E-state index in [2.05, 4.69) is 0 Å². The molecule has 34 heavy (non-hydrogen) atoms. The first-order chi connectivity index (χ1) is 16.0. The number of aromatic nitrogens is 2. The molecule has 13 heteroatoms. The third-order valence-electron chi connectivity index (χ3n) is 5.23. The van der Waals surface area contributed by atoms with Crippen molar-refractivity contribution in [3.63, 3.8) is 0 Å². The highest BCUT2D eigenvalue weighted by molar-refractivity contribution is 6.34. The highest BCUT2D eigenvalue weighted by atomic mass is 35.5. The molecule has 0 saturated carbocycles. The zero-order valence-electron chi connectivity index (χ0n) is 17.1. The maximum atomic E-state index is 14.5. The minimum atomic E-state index is -5.48. The van der Waals surface area contributed by atoms with Gasteiger partial charge in [-0.25, -0.2) is 9.36 Å². The molecule has 3 N–H and O–H groups in total. The summed E-state index contributed by atoms with van der Waals surface area (Å²) in [5.74, 6) is -3.47. The van der Waals surface area contributed by atoms with Crippen LogP contribution in [0.1, 0.15) is 15.9 Å². The number of fused-ring (bicyclic) bond motifs is 1. The van der Waals surface area contributed by atoms with Gasteiger partial charge in [-0.1, -0.05) is 23.7 Å². The van der Waals surface area contributed by atoms with Crippen LogP contribution in [0.25, 0.3) is 5.69 Å². The number of carbonyl (C=O) groups excluding carboxylic acids is 2. The van der Waals surface area contributed by atoms with E-state index >= 15 is 0 Å². The van der Waals surface area contributed by atoms with Gasteiger partial charge in [0.2, 0.25) is 0 Å². The zero-order chi connectivity index (χ0) is 24.8. The van der Waals surface area contributed by atoms with Gasteiger partial charge >= 0.3 is 11.9 Å². The normalized spacial score (nSPS) is 17.1. The van der Waals surface area contributed by atoms with Gasteiger partial charge in [0.25, 0.3) is 22.9 Å². The monoisotopic (exact) mass is 494 g/mol. The van der Waals surface area contributed by atoms with Crippen LogP contribution in [0.4, 0.5) is 19.0 Å². The van der Waals surface area contributed by atoms with Crippen molar-refractivity contribution in [1.82, 2.24) is 14.9 Å². The summed E-state index contributed by atoms with van der Waals surface area (Å²) in [7, 11) is 1.39. The first-order valence-corrected chi connectivity index (χ1v) is 9.88. The molecule has 176 valence electrons. The van der Waals surface area contributed by atoms with Crippen molar-refractivity contribution >= 4 is 29.2 Å². The van der Waals surface area contributed by atoms with E-state index in [1.54, 1.807) is 10.3 Å². The SMILES string of the molecule is COc1ccc(-n2c3c(c(=O)[nH]c2=O)C(NC(=O)c2ccccc2Cl)(C(F)(F)F)C(=O)N3)cc1. The number of carbonyl (C=O) groups is 2. The smallest absolute Gasteiger partial charge is 0.425 e. The van der Waals surface area contributed by atoms with Crippen LogP contribution in [0.3, 0.4) is 0 Å². The van der Waals surface area contributed by atoms with Crippen molar-refractivity contribution in [2.45, 2.75) is 11.7 Å². The quantitative estimate of drug-likeness (QED) is 0.514. The Balaban J connectivity index is 1.97. The second-order valence-corrected chi connectivity index (χ2v) is 7.56. The summed E-state index contributed by atoms with van der Waals surface area (Å²) in [5.41, 5.74) is -7.93. The predicted molar refractivity (Wildman–Crippen MR) is 114 cm³/mol. The average molecular weight is 495 g/mol. The van der Waals surface area contributed by atoms with Gasteiger partial charge in [-0.15, -0.1) is 0 Å². The number of methoxy groups -OCH3 is 1. The summed E-state index contributed by atoms with van der Waals surface area (Å²) in [5, 5.41) is 3.41. The Bertz CT molecular complexity index is 1430. The molecule has 1 unspecified atom stereocenters. The number of amides is 2. The van der Waals surface area contributed by atoms with Gasteiger partial charge in [0, 0.05) is 0 Å². The number of halogens is 4. The van der Waals surface area contributed by atoms with E-state index in [0.717, 1.165) is 6.07 Å². The summed E-state index contributed by atoms with van der Waals surface area (Å²) < 4.78 is 49.1. The molecule has 2 amide bonds. The number of alkyl halides is 3. The van der Waals surface area contributed by atoms with Crippen LogP contribution < -0.4 is 26.6 Å². The molecule has 0 saturated heterocycles. The van der Waals surface area contributed by atoms with Crippen LogP contribution in [0.5, 0.6) is 5.75 Å². The average Bonchev–Trinajstić information content (AvgIpc) is 3.07. The number of benzene rings is 2. The number of nitrogens with one attached hydrogen (secondary N) is 3. The van der Waals surface area contributed by atoms with E-state index in [9.17, 15) is 32.3 Å². The third-order valence-corrected chi connectivity index (χ3v) is 5.56. The molecule has 0 radical (unpaired) electrons. The molecule has 0 spiro atoms. The van der Waals surface area contributed by atoms with E-state index in [1.165, 1.54) is 49.6 Å². The first-order valence-electron chi connectivity index (χ1n) is 9.50. The number of aromatic amines is 1. The second-order valence-electron chi connectivity index (χ2n) is 7.15. The van der Waals surface area contributed by atoms with Gasteiger partial charge in [-0.05, 0) is 36.4 Å². The van der Waals surface area contributed by atoms with E-state index in [4.69, 9.17) is 16.3 Å². The van der Waals surface area contributed by atoms with Gasteiger partial charge in [0.05, 0.1) is 23.4 Å². The van der Waals surface area contributed by atoms with Gasteiger partial charge in [-0.3, -0.25) is 19.4 Å². The van der Waals surface area contributed by atoms with Crippen molar-refractivity contribution in [2.24, 2.45) is 0 Å². The summed E-state index contributed by atoms with van der Waals surface area (Å²) in [6, 6.07) is 10.7. The van der Waals surface area contributed by atoms with Crippen LogP contribution in [0, 0.1) is 0 Å². The molecule has 1 aromatic heterocycles. The summed E-state index contributed by atoms with van der Waals surface area (Å²) in [6.07, 6.45) is -5.48. The number of H-pyrrole nitrogens is 1. The molecule has 1 aliphatic heterocycles. The summed E-state index contributed by atoms with van der Waals surface area (Å²) in [4.78, 5) is 52.6. The third kappa shape index (κ3) is 3.43. The van der Waals surface area contributed by atoms with E-state index in [0.29, 0.717) is 10.3 Å². The predicted octanol–water partition coefficient (Wildman–Crippen LogP) is 2.33. The highest BCUT2D eigenvalue weighted by Crippen LogP contribution is 2.45. The van der Waals surface area contributed by atoms with E-state index < -0.39 is 46.2 Å². The molecule has 4 rings (SSSR count). The number of hydrogen-bond donors (Lipinski definition) is 3. The molecule has 9 nitrogen and oxygen atoms in total. The van der Waals surface area contributed by atoms with E-state index in [1.807, 2.05) is 5.32 Å². The molecule has 3 aromatic rings. The summed E-state index contributed by atoms with van der Waals surface area (Å²) >= 11 is 5.92. The number of hydrogen-bond acceptors (Lipinski definition) is 5. The fraction of sp³-hybridized carbons (Fsp3) is 0.143. The van der Waals surface area contributed by atoms with Crippen LogP contribution in [-0.4, -0.2) is 34.7 Å². The van der Waals surface area contributed by atoms with Crippen molar-refractivity contribution in [3.05, 3.63) is 85.5 Å². The molecular weight excluding hydrogens is 481 g/mol. The van der Waals surface area contributed by atoms with Crippen molar-refractivity contribution in [1.29, 1.82) is 0 Å². The Morgan fingerprint density at radius 2 is 1.74 bits per heavy atom. The Hall–Kier alpha value is -4.06. The number of anilines is 1. The van der Waals surface area contributed by atoms with Gasteiger partial charge in [0.15, 0.2) is 0 Å². The molecule has 0 aliphatic carbocycles. The fourth-order valence-corrected chi connectivity index (χ4v) is 3.86. The standard InChI is InChI=1S/C21H14ClF3N4O5/c1-34-11-8-6-10(7-9-11)29-15-14(17(31)27-19(29)33)20(18(32)26-15,21(23,24)25)28-16(30)12-4-2-3-5-13(12)22/h2-9H,1H3,(H,26,32)(H,28,30)(H,27,31,33). The second kappa shape index (κ2) is 8.06. The maximum Gasteiger partial charge on any atom is 0.425 e. The van der Waals surface area contributed by atoms with Crippen molar-refractivity contribution < 1.29 is 27.5 Å². The van der Waals surface area contributed by atoms with Crippen LogP contribution in [-0.2, 0) is 10.3 Å². The largest absolute Gasteiger partial charge is 0.497 e. The Morgan fingerprint density at radius 3 is 2.32 bits per heavy atom. The van der Waals surface area contributed by atoms with Gasteiger partial charge < -0.3 is 15.4 Å². The maximum absolute atomic E-state index is 14.5. The molecule has 2 aromatic carbocycles. The minimum Gasteiger partial charge on any atom is -0.497 e. The van der Waals surface area contributed by atoms with Crippen molar-refractivity contribution in [2.75, 3.05) is 12.4 Å². The van der Waals surface area contributed by atoms with Crippen molar-refractivity contribution in [3.8, 4) is 11.4 Å². The molecule has 1 aliphatic rings.